The summed E-state index contributed by atoms with van der Waals surface area (Å²) in [7, 11) is -3.39. The molecule has 1 aliphatic heterocycles. The molecule has 7 heteroatoms. The molecule has 0 aliphatic carbocycles. The lowest BCUT2D eigenvalue weighted by Crippen LogP contribution is -2.32. The number of sulfonamides is 1. The largest absolute Gasteiger partial charge is 0.245 e. The van der Waals surface area contributed by atoms with Crippen LogP contribution < -0.4 is 0 Å². The SMILES string of the molecule is CC1CCCN(S(=O)(=O)c2cc(CCl)sc2Br)CC1. The molecule has 0 radical (unpaired) electrons. The summed E-state index contributed by atoms with van der Waals surface area (Å²) < 4.78 is 27.6. The number of alkyl halides is 1. The predicted octanol–water partition coefficient (Wildman–Crippen LogP) is 4.06. The van der Waals surface area contributed by atoms with Crippen LogP contribution in [0.3, 0.4) is 0 Å². The number of nitrogens with zero attached hydrogens (tertiary/aromatic N) is 1. The van der Waals surface area contributed by atoms with Gasteiger partial charge in [0.15, 0.2) is 0 Å². The molecule has 0 N–H and O–H groups in total. The minimum Gasteiger partial charge on any atom is -0.207 e. The number of halogens is 2. The normalized spacial score (nSPS) is 22.4. The van der Waals surface area contributed by atoms with E-state index in [2.05, 4.69) is 22.9 Å². The molecule has 1 unspecified atom stereocenters. The smallest absolute Gasteiger partial charge is 0.207 e. The Hall–Kier alpha value is 0.380. The number of rotatable bonds is 3. The maximum absolute atomic E-state index is 12.7. The molecule has 1 atom stereocenters. The molecule has 3 nitrogen and oxygen atoms in total. The minimum atomic E-state index is -3.39. The second-order valence-corrected chi connectivity index (χ2v) is 9.55. The average Bonchev–Trinajstić information content (AvgIpc) is 2.60. The third-order valence-corrected chi connectivity index (χ3v) is 8.03. The Bertz CT molecular complexity index is 544. The molecule has 0 saturated carbocycles. The van der Waals surface area contributed by atoms with Gasteiger partial charge >= 0.3 is 0 Å². The fourth-order valence-electron chi connectivity index (χ4n) is 2.26. The summed E-state index contributed by atoms with van der Waals surface area (Å²) >= 11 is 10.5. The fraction of sp³-hybridized carbons (Fsp3) is 0.667. The van der Waals surface area contributed by atoms with Crippen molar-refractivity contribution >= 4 is 48.9 Å². The van der Waals surface area contributed by atoms with E-state index in [-0.39, 0.29) is 0 Å². The van der Waals surface area contributed by atoms with Gasteiger partial charge in [0.2, 0.25) is 10.0 Å². The van der Waals surface area contributed by atoms with Crippen LogP contribution in [0.1, 0.15) is 31.1 Å². The molecule has 1 saturated heterocycles. The molecular formula is C12H17BrClNO2S2. The quantitative estimate of drug-likeness (QED) is 0.735. The van der Waals surface area contributed by atoms with Crippen LogP contribution in [-0.4, -0.2) is 25.8 Å². The summed E-state index contributed by atoms with van der Waals surface area (Å²) in [5.41, 5.74) is 0. The van der Waals surface area contributed by atoms with Crippen molar-refractivity contribution in [3.8, 4) is 0 Å². The molecule has 2 rings (SSSR count). The molecule has 19 heavy (non-hydrogen) atoms. The standard InChI is InChI=1S/C12H17BrClNO2S2/c1-9-3-2-5-15(6-4-9)19(16,17)11-7-10(8-14)18-12(11)13/h7,9H,2-6,8H2,1H3. The molecule has 2 heterocycles. The van der Waals surface area contributed by atoms with E-state index < -0.39 is 10.0 Å². The molecule has 1 aliphatic rings. The maximum atomic E-state index is 12.7. The molecule has 1 aromatic heterocycles. The van der Waals surface area contributed by atoms with Crippen LogP contribution in [0.15, 0.2) is 14.7 Å². The van der Waals surface area contributed by atoms with E-state index in [0.717, 1.165) is 24.1 Å². The van der Waals surface area contributed by atoms with E-state index in [9.17, 15) is 8.42 Å². The zero-order valence-corrected chi connectivity index (χ0v) is 14.7. The van der Waals surface area contributed by atoms with Crippen molar-refractivity contribution in [2.45, 2.75) is 37.0 Å². The summed E-state index contributed by atoms with van der Waals surface area (Å²) in [5, 5.41) is 0. The first-order valence-corrected chi connectivity index (χ1v) is 9.88. The first-order chi connectivity index (χ1) is 8.95. The molecule has 0 spiro atoms. The van der Waals surface area contributed by atoms with Gasteiger partial charge in [-0.05, 0) is 47.2 Å². The van der Waals surface area contributed by atoms with Crippen molar-refractivity contribution in [3.63, 3.8) is 0 Å². The summed E-state index contributed by atoms with van der Waals surface area (Å²) in [6, 6.07) is 1.69. The summed E-state index contributed by atoms with van der Waals surface area (Å²) in [6.45, 7) is 3.41. The van der Waals surface area contributed by atoms with Gasteiger partial charge in [-0.15, -0.1) is 22.9 Å². The van der Waals surface area contributed by atoms with Gasteiger partial charge in [0.25, 0.3) is 0 Å². The van der Waals surface area contributed by atoms with Gasteiger partial charge in [-0.2, -0.15) is 4.31 Å². The molecular weight excluding hydrogens is 370 g/mol. The van der Waals surface area contributed by atoms with Gasteiger partial charge in [0.05, 0.1) is 9.67 Å². The van der Waals surface area contributed by atoms with Gasteiger partial charge in [0.1, 0.15) is 4.90 Å². The highest BCUT2D eigenvalue weighted by Gasteiger charge is 2.29. The van der Waals surface area contributed by atoms with E-state index in [1.807, 2.05) is 0 Å². The van der Waals surface area contributed by atoms with Gasteiger partial charge in [-0.3, -0.25) is 0 Å². The minimum absolute atomic E-state index is 0.343. The van der Waals surface area contributed by atoms with Crippen LogP contribution in [0, 0.1) is 5.92 Å². The van der Waals surface area contributed by atoms with Crippen molar-refractivity contribution in [1.29, 1.82) is 0 Å². The Morgan fingerprint density at radius 1 is 1.47 bits per heavy atom. The fourth-order valence-corrected chi connectivity index (χ4v) is 6.47. The highest BCUT2D eigenvalue weighted by atomic mass is 79.9. The number of hydrogen-bond acceptors (Lipinski definition) is 3. The van der Waals surface area contributed by atoms with E-state index >= 15 is 0 Å². The number of thiophene rings is 1. The monoisotopic (exact) mass is 385 g/mol. The first kappa shape index (κ1) is 15.8. The van der Waals surface area contributed by atoms with Crippen molar-refractivity contribution in [2.75, 3.05) is 13.1 Å². The van der Waals surface area contributed by atoms with Crippen LogP contribution in [0.5, 0.6) is 0 Å². The highest BCUT2D eigenvalue weighted by molar-refractivity contribution is 9.11. The van der Waals surface area contributed by atoms with Crippen LogP contribution >= 0.6 is 38.9 Å². The van der Waals surface area contributed by atoms with Crippen molar-refractivity contribution in [1.82, 2.24) is 4.31 Å². The molecule has 0 aromatic carbocycles. The summed E-state index contributed by atoms with van der Waals surface area (Å²) in [5.74, 6) is 0.944. The van der Waals surface area contributed by atoms with Gasteiger partial charge in [-0.25, -0.2) is 8.42 Å². The molecule has 1 fully saturated rings. The lowest BCUT2D eigenvalue weighted by molar-refractivity contribution is 0.416. The zero-order valence-electron chi connectivity index (χ0n) is 10.7. The maximum Gasteiger partial charge on any atom is 0.245 e. The molecule has 1 aromatic rings. The Kier molecular flexibility index (Phi) is 5.34. The summed E-state index contributed by atoms with van der Waals surface area (Å²) in [6.07, 6.45) is 2.97. The third-order valence-electron chi connectivity index (χ3n) is 3.43. The third kappa shape index (κ3) is 3.53. The lowest BCUT2D eigenvalue weighted by atomic mass is 10.0. The Morgan fingerprint density at radius 3 is 2.84 bits per heavy atom. The van der Waals surface area contributed by atoms with Gasteiger partial charge < -0.3 is 0 Å². The Labute approximate surface area is 132 Å². The van der Waals surface area contributed by atoms with Crippen LogP contribution in [0.4, 0.5) is 0 Å². The molecule has 0 bridgehead atoms. The van der Waals surface area contributed by atoms with E-state index in [1.54, 1.807) is 10.4 Å². The number of hydrogen-bond donors (Lipinski definition) is 0. The van der Waals surface area contributed by atoms with E-state index in [1.165, 1.54) is 11.3 Å². The predicted molar refractivity (Wildman–Crippen MR) is 83.3 cm³/mol. The van der Waals surface area contributed by atoms with Crippen molar-refractivity contribution in [2.24, 2.45) is 5.92 Å². The van der Waals surface area contributed by atoms with E-state index in [0.29, 0.717) is 33.6 Å². The van der Waals surface area contributed by atoms with E-state index in [4.69, 9.17) is 11.6 Å². The summed E-state index contributed by atoms with van der Waals surface area (Å²) in [4.78, 5) is 1.23. The van der Waals surface area contributed by atoms with Crippen LogP contribution in [0.25, 0.3) is 0 Å². The molecule has 108 valence electrons. The highest BCUT2D eigenvalue weighted by Crippen LogP contribution is 2.35. The van der Waals surface area contributed by atoms with Crippen LogP contribution in [0.2, 0.25) is 0 Å². The van der Waals surface area contributed by atoms with Crippen molar-refractivity contribution < 1.29 is 8.42 Å². The lowest BCUT2D eigenvalue weighted by Gasteiger charge is -2.19. The van der Waals surface area contributed by atoms with Gasteiger partial charge in [0, 0.05) is 18.0 Å². The van der Waals surface area contributed by atoms with Gasteiger partial charge in [-0.1, -0.05) is 6.92 Å². The topological polar surface area (TPSA) is 37.4 Å². The molecule has 0 amide bonds. The second-order valence-electron chi connectivity index (χ2n) is 4.92. The first-order valence-electron chi connectivity index (χ1n) is 6.29. The Morgan fingerprint density at radius 2 is 2.21 bits per heavy atom. The Balaban J connectivity index is 2.28. The van der Waals surface area contributed by atoms with Crippen LogP contribution in [-0.2, 0) is 15.9 Å². The van der Waals surface area contributed by atoms with Crippen molar-refractivity contribution in [3.05, 3.63) is 14.7 Å². The zero-order chi connectivity index (χ0) is 14.0. The second kappa shape index (κ2) is 6.43. The average molecular weight is 387 g/mol.